The van der Waals surface area contributed by atoms with Gasteiger partial charge in [0.1, 0.15) is 0 Å². The van der Waals surface area contributed by atoms with Crippen molar-refractivity contribution < 1.29 is 9.90 Å². The number of rotatable bonds is 2. The third kappa shape index (κ3) is 2.27. The smallest absolute Gasteiger partial charge is 0.303 e. The van der Waals surface area contributed by atoms with E-state index in [1.54, 1.807) is 0 Å². The molecule has 2 aliphatic rings. The molecule has 2 heteroatoms. The van der Waals surface area contributed by atoms with E-state index < -0.39 is 5.97 Å². The summed E-state index contributed by atoms with van der Waals surface area (Å²) in [5.41, 5.74) is 1.79. The molecule has 1 N–H and O–H groups in total. The van der Waals surface area contributed by atoms with Crippen molar-refractivity contribution in [3.63, 3.8) is 0 Å². The van der Waals surface area contributed by atoms with E-state index in [-0.39, 0.29) is 0 Å². The van der Waals surface area contributed by atoms with Crippen molar-refractivity contribution in [2.75, 3.05) is 0 Å². The van der Waals surface area contributed by atoms with Gasteiger partial charge in [-0.05, 0) is 55.8 Å². The van der Waals surface area contributed by atoms with Crippen molar-refractivity contribution in [2.45, 2.75) is 52.9 Å². The maximum atomic E-state index is 11.0. The molecule has 0 amide bonds. The third-order valence-corrected chi connectivity index (χ3v) is 5.32. The highest BCUT2D eigenvalue weighted by Crippen LogP contribution is 2.55. The lowest BCUT2D eigenvalue weighted by molar-refractivity contribution is -0.139. The number of carboxylic acids is 1. The Morgan fingerprint density at radius 1 is 1.53 bits per heavy atom. The first kappa shape index (κ1) is 12.7. The molecule has 0 aliphatic heterocycles. The molecule has 0 aromatic heterocycles. The molecular formula is C15H24O2. The van der Waals surface area contributed by atoms with E-state index in [4.69, 9.17) is 5.11 Å². The van der Waals surface area contributed by atoms with Crippen LogP contribution < -0.4 is 0 Å². The second kappa shape index (κ2) is 4.47. The number of carboxylic acid groups (broad SMARTS) is 1. The number of fused-ring (bicyclic) bond motifs is 1. The normalized spacial score (nSPS) is 41.6. The zero-order valence-electron chi connectivity index (χ0n) is 11.2. The highest BCUT2D eigenvalue weighted by Gasteiger charge is 2.46. The molecule has 0 bridgehead atoms. The molecule has 96 valence electrons. The van der Waals surface area contributed by atoms with Gasteiger partial charge in [0, 0.05) is 6.42 Å². The van der Waals surface area contributed by atoms with Crippen LogP contribution in [0.2, 0.25) is 0 Å². The van der Waals surface area contributed by atoms with Crippen molar-refractivity contribution in [1.82, 2.24) is 0 Å². The molecule has 0 heterocycles. The van der Waals surface area contributed by atoms with Gasteiger partial charge in [-0.25, -0.2) is 0 Å². The highest BCUT2D eigenvalue weighted by atomic mass is 16.4. The molecule has 0 saturated heterocycles. The number of hydrogen-bond donors (Lipinski definition) is 1. The molecule has 0 aromatic carbocycles. The topological polar surface area (TPSA) is 37.3 Å². The number of aliphatic carboxylic acids is 1. The minimum Gasteiger partial charge on any atom is -0.481 e. The summed E-state index contributed by atoms with van der Waals surface area (Å²) in [6.45, 7) is 6.91. The first-order valence-corrected chi connectivity index (χ1v) is 6.82. The van der Waals surface area contributed by atoms with Gasteiger partial charge in [0.05, 0.1) is 0 Å². The summed E-state index contributed by atoms with van der Waals surface area (Å²) in [7, 11) is 0. The maximum Gasteiger partial charge on any atom is 0.303 e. The Bertz CT molecular complexity index is 345. The van der Waals surface area contributed by atoms with Crippen LogP contribution >= 0.6 is 0 Å². The average molecular weight is 236 g/mol. The van der Waals surface area contributed by atoms with Crippen molar-refractivity contribution >= 4 is 5.97 Å². The second-order valence-corrected chi connectivity index (χ2v) is 6.38. The van der Waals surface area contributed by atoms with Crippen LogP contribution in [0.25, 0.3) is 0 Å². The second-order valence-electron chi connectivity index (χ2n) is 6.38. The molecule has 0 spiro atoms. The van der Waals surface area contributed by atoms with Gasteiger partial charge in [-0.3, -0.25) is 4.79 Å². The minimum absolute atomic E-state index is 0.331. The van der Waals surface area contributed by atoms with Gasteiger partial charge >= 0.3 is 5.97 Å². The van der Waals surface area contributed by atoms with E-state index >= 15 is 0 Å². The van der Waals surface area contributed by atoms with E-state index in [1.807, 2.05) is 0 Å². The van der Waals surface area contributed by atoms with Gasteiger partial charge in [-0.2, -0.15) is 0 Å². The Hall–Kier alpha value is -0.790. The summed E-state index contributed by atoms with van der Waals surface area (Å²) in [4.78, 5) is 11.0. The lowest BCUT2D eigenvalue weighted by Gasteiger charge is -2.51. The van der Waals surface area contributed by atoms with Crippen LogP contribution in [0.3, 0.4) is 0 Å². The molecule has 2 aliphatic carbocycles. The Labute approximate surface area is 104 Å². The largest absolute Gasteiger partial charge is 0.481 e. The molecule has 1 fully saturated rings. The minimum atomic E-state index is -0.636. The average Bonchev–Trinajstić information content (AvgIpc) is 2.25. The number of carbonyl (C=O) groups is 1. The molecule has 17 heavy (non-hydrogen) atoms. The van der Waals surface area contributed by atoms with Crippen molar-refractivity contribution in [3.05, 3.63) is 11.6 Å². The summed E-state index contributed by atoms with van der Waals surface area (Å²) in [5.74, 6) is 0.922. The summed E-state index contributed by atoms with van der Waals surface area (Å²) in [6, 6.07) is 0. The van der Waals surface area contributed by atoms with E-state index in [1.165, 1.54) is 24.8 Å². The number of hydrogen-bond acceptors (Lipinski definition) is 1. The number of allylic oxidation sites excluding steroid dienone is 2. The van der Waals surface area contributed by atoms with Crippen LogP contribution in [0.1, 0.15) is 52.9 Å². The van der Waals surface area contributed by atoms with Crippen LogP contribution in [-0.4, -0.2) is 11.1 Å². The van der Waals surface area contributed by atoms with Gasteiger partial charge in [-0.15, -0.1) is 0 Å². The molecule has 1 saturated carbocycles. The van der Waals surface area contributed by atoms with Gasteiger partial charge in [0.25, 0.3) is 0 Å². The lowest BCUT2D eigenvalue weighted by Crippen LogP contribution is -2.44. The lowest BCUT2D eigenvalue weighted by atomic mass is 9.53. The van der Waals surface area contributed by atoms with Crippen LogP contribution in [0, 0.1) is 23.2 Å². The Balaban J connectivity index is 2.27. The van der Waals surface area contributed by atoms with E-state index in [0.29, 0.717) is 23.7 Å². The fourth-order valence-corrected chi connectivity index (χ4v) is 3.89. The fraction of sp³-hybridized carbons (Fsp3) is 0.800. The van der Waals surface area contributed by atoms with Crippen LogP contribution in [-0.2, 0) is 4.79 Å². The van der Waals surface area contributed by atoms with Crippen LogP contribution in [0.4, 0.5) is 0 Å². The van der Waals surface area contributed by atoms with Gasteiger partial charge in [0.2, 0.25) is 0 Å². The SMILES string of the molecule is CC1=C[C@@H]2[C@H](CC(=O)O)CC[C@@H](C)[C@]2(C)CC1. The predicted octanol–water partition coefficient (Wildman–Crippen LogP) is 3.87. The summed E-state index contributed by atoms with van der Waals surface area (Å²) in [5, 5.41) is 9.05. The van der Waals surface area contributed by atoms with Crippen molar-refractivity contribution in [3.8, 4) is 0 Å². The zero-order chi connectivity index (χ0) is 12.6. The van der Waals surface area contributed by atoms with E-state index in [9.17, 15) is 4.79 Å². The quantitative estimate of drug-likeness (QED) is 0.739. The van der Waals surface area contributed by atoms with Gasteiger partial charge in [-0.1, -0.05) is 25.5 Å². The highest BCUT2D eigenvalue weighted by molar-refractivity contribution is 5.67. The zero-order valence-corrected chi connectivity index (χ0v) is 11.2. The monoisotopic (exact) mass is 236 g/mol. The molecule has 2 rings (SSSR count). The van der Waals surface area contributed by atoms with Crippen LogP contribution in [0.15, 0.2) is 11.6 Å². The Morgan fingerprint density at radius 3 is 2.88 bits per heavy atom. The van der Waals surface area contributed by atoms with Crippen molar-refractivity contribution in [1.29, 1.82) is 0 Å². The molecule has 2 nitrogen and oxygen atoms in total. The molecule has 0 unspecified atom stereocenters. The van der Waals surface area contributed by atoms with Crippen LogP contribution in [0.5, 0.6) is 0 Å². The third-order valence-electron chi connectivity index (χ3n) is 5.32. The Morgan fingerprint density at radius 2 is 2.24 bits per heavy atom. The van der Waals surface area contributed by atoms with E-state index in [0.717, 1.165) is 12.3 Å². The first-order valence-electron chi connectivity index (χ1n) is 6.82. The van der Waals surface area contributed by atoms with Crippen molar-refractivity contribution in [2.24, 2.45) is 23.2 Å². The van der Waals surface area contributed by atoms with Gasteiger partial charge < -0.3 is 5.11 Å². The molecular weight excluding hydrogens is 212 g/mol. The summed E-state index contributed by atoms with van der Waals surface area (Å²) < 4.78 is 0. The molecule has 0 radical (unpaired) electrons. The summed E-state index contributed by atoms with van der Waals surface area (Å²) >= 11 is 0. The van der Waals surface area contributed by atoms with Gasteiger partial charge in [0.15, 0.2) is 0 Å². The molecule has 4 atom stereocenters. The van der Waals surface area contributed by atoms with E-state index in [2.05, 4.69) is 26.8 Å². The predicted molar refractivity (Wildman–Crippen MR) is 68.7 cm³/mol. The maximum absolute atomic E-state index is 11.0. The Kier molecular flexibility index (Phi) is 3.33. The fourth-order valence-electron chi connectivity index (χ4n) is 3.89. The summed E-state index contributed by atoms with van der Waals surface area (Å²) in [6.07, 6.45) is 7.42. The first-order chi connectivity index (χ1) is 7.93. The standard InChI is InChI=1S/C15H24O2/c1-10-6-7-15(3)11(2)4-5-12(9-14(16)17)13(15)8-10/h8,11-13H,4-7,9H2,1-3H3,(H,16,17)/t11-,12+,13-,15+/m1/s1. The molecule has 0 aromatic rings.